The van der Waals surface area contributed by atoms with Crippen LogP contribution < -0.4 is 11.5 Å². The molecule has 0 spiro atoms. The molecule has 0 fully saturated rings. The molecular weight excluding hydrogens is 154 g/mol. The smallest absolute Gasteiger partial charge is 0.217 e. The number of primary amides is 1. The number of nitrogens with two attached hydrogens (primary N) is 2. The molecule has 0 heterocycles. The lowest BCUT2D eigenvalue weighted by Gasteiger charge is -2.02. The fourth-order valence-electron chi connectivity index (χ4n) is 0.644. The van der Waals surface area contributed by atoms with Crippen molar-refractivity contribution in [3.05, 3.63) is 0 Å². The molecular formula is C8H17N3O. The minimum atomic E-state index is -0.284. The molecule has 0 bridgehead atoms. The van der Waals surface area contributed by atoms with Crippen LogP contribution in [0.2, 0.25) is 0 Å². The van der Waals surface area contributed by atoms with Crippen molar-refractivity contribution in [1.82, 2.24) is 0 Å². The number of nitrogens with zero attached hydrogens (tertiary/aromatic N) is 1. The predicted octanol–water partition coefficient (Wildman–Crippen LogP) is 0.265. The van der Waals surface area contributed by atoms with Gasteiger partial charge in [-0.05, 0) is 6.42 Å². The maximum absolute atomic E-state index is 10.3. The summed E-state index contributed by atoms with van der Waals surface area (Å²) in [6.45, 7) is 4.55. The third-order valence-corrected chi connectivity index (χ3v) is 1.47. The van der Waals surface area contributed by atoms with E-state index in [4.69, 9.17) is 11.5 Å². The van der Waals surface area contributed by atoms with Crippen LogP contribution in [0.5, 0.6) is 0 Å². The van der Waals surface area contributed by atoms with Crippen LogP contribution in [0, 0.1) is 5.92 Å². The first-order valence-corrected chi connectivity index (χ1v) is 4.12. The third kappa shape index (κ3) is 5.70. The molecule has 12 heavy (non-hydrogen) atoms. The van der Waals surface area contributed by atoms with Gasteiger partial charge in [-0.1, -0.05) is 13.8 Å². The van der Waals surface area contributed by atoms with Crippen molar-refractivity contribution in [2.45, 2.75) is 26.7 Å². The minimum absolute atomic E-state index is 0.276. The zero-order valence-corrected chi connectivity index (χ0v) is 7.71. The molecule has 4 nitrogen and oxygen atoms in total. The Labute approximate surface area is 73.0 Å². The highest BCUT2D eigenvalue weighted by molar-refractivity contribution is 5.82. The molecule has 4 N–H and O–H groups in total. The number of rotatable bonds is 5. The van der Waals surface area contributed by atoms with E-state index < -0.39 is 0 Å². The molecule has 0 aliphatic heterocycles. The standard InChI is InChI=1S/C8H17N3O/c1-6(2)8(10)11-5-3-4-7(9)12/h6H,3-5H2,1-2H3,(H2,9,12)(H2,10,11). The Balaban J connectivity index is 3.53. The molecule has 0 unspecified atom stereocenters. The number of carbonyl (C=O) groups is 1. The zero-order valence-electron chi connectivity index (χ0n) is 7.71. The van der Waals surface area contributed by atoms with Crippen LogP contribution in [0.1, 0.15) is 26.7 Å². The van der Waals surface area contributed by atoms with Crippen molar-refractivity contribution >= 4 is 11.7 Å². The van der Waals surface area contributed by atoms with E-state index in [2.05, 4.69) is 4.99 Å². The van der Waals surface area contributed by atoms with Crippen LogP contribution in [-0.4, -0.2) is 18.3 Å². The Morgan fingerprint density at radius 2 is 2.00 bits per heavy atom. The molecule has 0 saturated carbocycles. The summed E-state index contributed by atoms with van der Waals surface area (Å²) in [5.74, 6) is 0.631. The number of hydrogen-bond donors (Lipinski definition) is 2. The van der Waals surface area contributed by atoms with E-state index in [9.17, 15) is 4.79 Å². The third-order valence-electron chi connectivity index (χ3n) is 1.47. The lowest BCUT2D eigenvalue weighted by molar-refractivity contribution is -0.118. The van der Waals surface area contributed by atoms with Gasteiger partial charge in [0.25, 0.3) is 0 Å². The Kier molecular flexibility index (Phi) is 5.08. The SMILES string of the molecule is CC(C)C(N)=NCCCC(N)=O. The van der Waals surface area contributed by atoms with Crippen LogP contribution in [0.25, 0.3) is 0 Å². The number of aliphatic imine (C=N–C) groups is 1. The average Bonchev–Trinajstić information content (AvgIpc) is 1.97. The number of amides is 1. The van der Waals surface area contributed by atoms with Crippen molar-refractivity contribution in [3.8, 4) is 0 Å². The summed E-state index contributed by atoms with van der Waals surface area (Å²) in [5.41, 5.74) is 10.5. The summed E-state index contributed by atoms with van der Waals surface area (Å²) < 4.78 is 0. The molecule has 0 saturated heterocycles. The highest BCUT2D eigenvalue weighted by Gasteiger charge is 1.98. The average molecular weight is 171 g/mol. The Hall–Kier alpha value is -1.06. The molecule has 70 valence electrons. The normalized spacial score (nSPS) is 12.1. The van der Waals surface area contributed by atoms with E-state index in [1.54, 1.807) is 0 Å². The highest BCUT2D eigenvalue weighted by Crippen LogP contribution is 1.93. The zero-order chi connectivity index (χ0) is 9.56. The molecule has 0 aromatic heterocycles. The number of carbonyl (C=O) groups excluding carboxylic acids is 1. The van der Waals surface area contributed by atoms with E-state index in [1.165, 1.54) is 0 Å². The Bertz CT molecular complexity index is 175. The van der Waals surface area contributed by atoms with Gasteiger partial charge in [-0.2, -0.15) is 0 Å². The van der Waals surface area contributed by atoms with Crippen molar-refractivity contribution in [1.29, 1.82) is 0 Å². The lowest BCUT2D eigenvalue weighted by Crippen LogP contribution is -2.19. The summed E-state index contributed by atoms with van der Waals surface area (Å²) in [7, 11) is 0. The van der Waals surface area contributed by atoms with Gasteiger partial charge in [0.15, 0.2) is 0 Å². The van der Waals surface area contributed by atoms with Gasteiger partial charge < -0.3 is 11.5 Å². The van der Waals surface area contributed by atoms with E-state index in [1.807, 2.05) is 13.8 Å². The molecule has 0 aromatic rings. The van der Waals surface area contributed by atoms with Crippen molar-refractivity contribution in [2.24, 2.45) is 22.4 Å². The largest absolute Gasteiger partial charge is 0.387 e. The van der Waals surface area contributed by atoms with Crippen molar-refractivity contribution in [3.63, 3.8) is 0 Å². The van der Waals surface area contributed by atoms with E-state index >= 15 is 0 Å². The fourth-order valence-corrected chi connectivity index (χ4v) is 0.644. The van der Waals surface area contributed by atoms with Gasteiger partial charge >= 0.3 is 0 Å². The van der Waals surface area contributed by atoms with Gasteiger partial charge in [0.05, 0.1) is 5.84 Å². The number of hydrogen-bond acceptors (Lipinski definition) is 2. The summed E-state index contributed by atoms with van der Waals surface area (Å²) >= 11 is 0. The Morgan fingerprint density at radius 3 is 2.42 bits per heavy atom. The molecule has 0 aliphatic rings. The van der Waals surface area contributed by atoms with Crippen LogP contribution >= 0.6 is 0 Å². The molecule has 0 aromatic carbocycles. The van der Waals surface area contributed by atoms with E-state index in [0.29, 0.717) is 25.2 Å². The quantitative estimate of drug-likeness (QED) is 0.353. The maximum Gasteiger partial charge on any atom is 0.217 e. The summed E-state index contributed by atoms with van der Waals surface area (Å²) in [6, 6.07) is 0. The maximum atomic E-state index is 10.3. The number of amidine groups is 1. The first-order valence-electron chi connectivity index (χ1n) is 4.12. The topological polar surface area (TPSA) is 81.5 Å². The van der Waals surface area contributed by atoms with Gasteiger partial charge in [-0.25, -0.2) is 0 Å². The Morgan fingerprint density at radius 1 is 1.42 bits per heavy atom. The fraction of sp³-hybridized carbons (Fsp3) is 0.750. The van der Waals surface area contributed by atoms with Crippen LogP contribution in [0.4, 0.5) is 0 Å². The molecule has 0 aliphatic carbocycles. The van der Waals surface area contributed by atoms with Gasteiger partial charge in [0.2, 0.25) is 5.91 Å². The first kappa shape index (κ1) is 10.9. The first-order chi connectivity index (χ1) is 5.54. The van der Waals surface area contributed by atoms with Gasteiger partial charge in [0.1, 0.15) is 0 Å². The van der Waals surface area contributed by atoms with Crippen LogP contribution in [0.15, 0.2) is 4.99 Å². The molecule has 4 heteroatoms. The monoisotopic (exact) mass is 171 g/mol. The second-order valence-electron chi connectivity index (χ2n) is 3.03. The molecule has 1 amide bonds. The summed E-state index contributed by atoms with van der Waals surface area (Å²) in [4.78, 5) is 14.4. The van der Waals surface area contributed by atoms with Crippen molar-refractivity contribution < 1.29 is 4.79 Å². The molecule has 0 rings (SSSR count). The second-order valence-corrected chi connectivity index (χ2v) is 3.03. The molecule has 0 radical (unpaired) electrons. The van der Waals surface area contributed by atoms with Crippen LogP contribution in [-0.2, 0) is 4.79 Å². The molecule has 0 atom stereocenters. The van der Waals surface area contributed by atoms with E-state index in [0.717, 1.165) is 0 Å². The van der Waals surface area contributed by atoms with E-state index in [-0.39, 0.29) is 11.8 Å². The predicted molar refractivity (Wildman–Crippen MR) is 49.8 cm³/mol. The van der Waals surface area contributed by atoms with Gasteiger partial charge in [-0.15, -0.1) is 0 Å². The summed E-state index contributed by atoms with van der Waals surface area (Å²) in [5, 5.41) is 0. The second kappa shape index (κ2) is 5.57. The van der Waals surface area contributed by atoms with Crippen molar-refractivity contribution in [2.75, 3.05) is 6.54 Å². The highest BCUT2D eigenvalue weighted by atomic mass is 16.1. The lowest BCUT2D eigenvalue weighted by atomic mass is 10.2. The summed E-state index contributed by atoms with van der Waals surface area (Å²) in [6.07, 6.45) is 1.07. The van der Waals surface area contributed by atoms with Gasteiger partial charge in [0, 0.05) is 18.9 Å². The van der Waals surface area contributed by atoms with Crippen LogP contribution in [0.3, 0.4) is 0 Å². The van der Waals surface area contributed by atoms with Gasteiger partial charge in [-0.3, -0.25) is 9.79 Å². The minimum Gasteiger partial charge on any atom is -0.387 e.